The van der Waals surface area contributed by atoms with E-state index in [9.17, 15) is 0 Å². The Labute approximate surface area is 109 Å². The number of hydrogen-bond acceptors (Lipinski definition) is 3. The number of rotatable bonds is 4. The summed E-state index contributed by atoms with van der Waals surface area (Å²) < 4.78 is 6.69. The van der Waals surface area contributed by atoms with Gasteiger partial charge in [0.05, 0.1) is 0 Å². The molecule has 0 aliphatic heterocycles. The molecule has 2 rings (SSSR count). The molecular formula is C13H13BrN2O. The van der Waals surface area contributed by atoms with Gasteiger partial charge in [-0.05, 0) is 29.8 Å². The van der Waals surface area contributed by atoms with E-state index < -0.39 is 0 Å². The van der Waals surface area contributed by atoms with Crippen molar-refractivity contribution in [3.05, 3.63) is 58.3 Å². The molecule has 0 spiro atoms. The number of halogens is 1. The van der Waals surface area contributed by atoms with Crippen LogP contribution in [0.1, 0.15) is 11.1 Å². The van der Waals surface area contributed by atoms with Crippen molar-refractivity contribution in [2.45, 2.75) is 13.2 Å². The Morgan fingerprint density at radius 2 is 2.12 bits per heavy atom. The maximum Gasteiger partial charge on any atom is 0.120 e. The van der Waals surface area contributed by atoms with Crippen LogP contribution in [0.25, 0.3) is 0 Å². The molecule has 0 saturated carbocycles. The molecule has 4 heteroatoms. The molecule has 0 radical (unpaired) electrons. The molecule has 0 atom stereocenters. The van der Waals surface area contributed by atoms with Gasteiger partial charge < -0.3 is 10.5 Å². The summed E-state index contributed by atoms with van der Waals surface area (Å²) in [6, 6.07) is 9.66. The molecular weight excluding hydrogens is 280 g/mol. The molecule has 1 aromatic carbocycles. The normalized spacial score (nSPS) is 10.2. The summed E-state index contributed by atoms with van der Waals surface area (Å²) in [6.07, 6.45) is 3.53. The Bertz CT molecular complexity index is 502. The minimum Gasteiger partial charge on any atom is -0.489 e. The number of pyridine rings is 1. The first kappa shape index (κ1) is 12.1. The Kier molecular flexibility index (Phi) is 4.12. The van der Waals surface area contributed by atoms with E-state index in [1.165, 1.54) is 0 Å². The van der Waals surface area contributed by atoms with Crippen LogP contribution < -0.4 is 10.5 Å². The molecule has 0 aliphatic rings. The van der Waals surface area contributed by atoms with Gasteiger partial charge >= 0.3 is 0 Å². The number of nitrogens with zero attached hydrogens (tertiary/aromatic N) is 1. The van der Waals surface area contributed by atoms with E-state index in [0.717, 1.165) is 21.3 Å². The molecule has 17 heavy (non-hydrogen) atoms. The zero-order valence-electron chi connectivity index (χ0n) is 9.27. The topological polar surface area (TPSA) is 48.1 Å². The smallest absolute Gasteiger partial charge is 0.120 e. The second-order valence-electron chi connectivity index (χ2n) is 3.59. The van der Waals surface area contributed by atoms with Crippen molar-refractivity contribution < 1.29 is 4.74 Å². The predicted octanol–water partition coefficient (Wildman–Crippen LogP) is 2.88. The van der Waals surface area contributed by atoms with Gasteiger partial charge in [-0.2, -0.15) is 0 Å². The first-order valence-corrected chi connectivity index (χ1v) is 6.09. The molecule has 1 aromatic heterocycles. The standard InChI is InChI=1S/C13H13BrN2O/c14-12-2-1-3-13(6-12)17-9-11-8-16-5-4-10(11)7-15/h1-6,8H,7,9,15H2. The number of ether oxygens (including phenoxy) is 1. The fraction of sp³-hybridized carbons (Fsp3) is 0.154. The summed E-state index contributed by atoms with van der Waals surface area (Å²) in [5, 5.41) is 0. The van der Waals surface area contributed by atoms with E-state index in [1.807, 2.05) is 30.3 Å². The van der Waals surface area contributed by atoms with E-state index in [4.69, 9.17) is 10.5 Å². The number of hydrogen-bond donors (Lipinski definition) is 1. The highest BCUT2D eigenvalue weighted by atomic mass is 79.9. The van der Waals surface area contributed by atoms with Crippen molar-refractivity contribution >= 4 is 15.9 Å². The van der Waals surface area contributed by atoms with Gasteiger partial charge in [0.25, 0.3) is 0 Å². The van der Waals surface area contributed by atoms with Gasteiger partial charge in [0.1, 0.15) is 12.4 Å². The SMILES string of the molecule is NCc1ccncc1COc1cccc(Br)c1. The lowest BCUT2D eigenvalue weighted by molar-refractivity contribution is 0.304. The fourth-order valence-electron chi connectivity index (χ4n) is 1.50. The van der Waals surface area contributed by atoms with Crippen molar-refractivity contribution in [3.63, 3.8) is 0 Å². The maximum atomic E-state index is 5.69. The molecule has 0 saturated heterocycles. The van der Waals surface area contributed by atoms with Crippen molar-refractivity contribution in [1.82, 2.24) is 4.98 Å². The monoisotopic (exact) mass is 292 g/mol. The van der Waals surface area contributed by atoms with Gasteiger partial charge in [-0.3, -0.25) is 4.98 Å². The highest BCUT2D eigenvalue weighted by Gasteiger charge is 2.02. The predicted molar refractivity (Wildman–Crippen MR) is 70.6 cm³/mol. The number of nitrogens with two attached hydrogens (primary N) is 1. The average molecular weight is 293 g/mol. The van der Waals surface area contributed by atoms with E-state index >= 15 is 0 Å². The molecule has 88 valence electrons. The van der Waals surface area contributed by atoms with Crippen LogP contribution in [0.5, 0.6) is 5.75 Å². The van der Waals surface area contributed by atoms with Gasteiger partial charge in [-0.15, -0.1) is 0 Å². The van der Waals surface area contributed by atoms with Crippen LogP contribution in [-0.2, 0) is 13.2 Å². The minimum atomic E-state index is 0.483. The molecule has 0 bridgehead atoms. The Morgan fingerprint density at radius 1 is 1.24 bits per heavy atom. The molecule has 0 unspecified atom stereocenters. The van der Waals surface area contributed by atoms with Crippen LogP contribution >= 0.6 is 15.9 Å². The Hall–Kier alpha value is -1.39. The van der Waals surface area contributed by atoms with Crippen molar-refractivity contribution in [2.24, 2.45) is 5.73 Å². The third kappa shape index (κ3) is 3.28. The number of benzene rings is 1. The van der Waals surface area contributed by atoms with Crippen LogP contribution in [-0.4, -0.2) is 4.98 Å². The average Bonchev–Trinajstić information content (AvgIpc) is 2.37. The Morgan fingerprint density at radius 3 is 2.88 bits per heavy atom. The van der Waals surface area contributed by atoms with Gasteiger partial charge in [-0.25, -0.2) is 0 Å². The van der Waals surface area contributed by atoms with Crippen LogP contribution in [0.2, 0.25) is 0 Å². The van der Waals surface area contributed by atoms with Crippen molar-refractivity contribution in [1.29, 1.82) is 0 Å². The minimum absolute atomic E-state index is 0.483. The first-order chi connectivity index (χ1) is 8.29. The molecule has 1 heterocycles. The second-order valence-corrected chi connectivity index (χ2v) is 4.51. The van der Waals surface area contributed by atoms with Crippen LogP contribution in [0, 0.1) is 0 Å². The van der Waals surface area contributed by atoms with E-state index in [0.29, 0.717) is 13.2 Å². The highest BCUT2D eigenvalue weighted by molar-refractivity contribution is 9.10. The lowest BCUT2D eigenvalue weighted by atomic mass is 10.1. The molecule has 2 N–H and O–H groups in total. The van der Waals surface area contributed by atoms with Crippen LogP contribution in [0.4, 0.5) is 0 Å². The largest absolute Gasteiger partial charge is 0.489 e. The zero-order valence-corrected chi connectivity index (χ0v) is 10.9. The Balaban J connectivity index is 2.07. The van der Waals surface area contributed by atoms with Crippen molar-refractivity contribution in [3.8, 4) is 5.75 Å². The summed E-state index contributed by atoms with van der Waals surface area (Å²) in [4.78, 5) is 4.08. The second kappa shape index (κ2) is 5.80. The lowest BCUT2D eigenvalue weighted by Crippen LogP contribution is -2.05. The maximum absolute atomic E-state index is 5.69. The van der Waals surface area contributed by atoms with Gasteiger partial charge in [-0.1, -0.05) is 22.0 Å². The molecule has 0 aliphatic carbocycles. The van der Waals surface area contributed by atoms with Gasteiger partial charge in [0.2, 0.25) is 0 Å². The van der Waals surface area contributed by atoms with E-state index in [2.05, 4.69) is 20.9 Å². The molecule has 0 fully saturated rings. The number of aromatic nitrogens is 1. The summed E-state index contributed by atoms with van der Waals surface area (Å²) in [6.45, 7) is 0.983. The molecule has 2 aromatic rings. The highest BCUT2D eigenvalue weighted by Crippen LogP contribution is 2.19. The summed E-state index contributed by atoms with van der Waals surface area (Å²) in [5.41, 5.74) is 7.74. The summed E-state index contributed by atoms with van der Waals surface area (Å²) in [5.74, 6) is 0.825. The van der Waals surface area contributed by atoms with E-state index in [-0.39, 0.29) is 0 Å². The summed E-state index contributed by atoms with van der Waals surface area (Å²) in [7, 11) is 0. The summed E-state index contributed by atoms with van der Waals surface area (Å²) >= 11 is 3.40. The van der Waals surface area contributed by atoms with Gasteiger partial charge in [0, 0.05) is 29.0 Å². The van der Waals surface area contributed by atoms with Crippen molar-refractivity contribution in [2.75, 3.05) is 0 Å². The van der Waals surface area contributed by atoms with Crippen LogP contribution in [0.15, 0.2) is 47.2 Å². The van der Waals surface area contributed by atoms with Gasteiger partial charge in [0.15, 0.2) is 0 Å². The molecule has 0 amide bonds. The first-order valence-electron chi connectivity index (χ1n) is 5.30. The van der Waals surface area contributed by atoms with E-state index in [1.54, 1.807) is 12.4 Å². The third-order valence-corrected chi connectivity index (χ3v) is 2.91. The molecule has 3 nitrogen and oxygen atoms in total. The lowest BCUT2D eigenvalue weighted by Gasteiger charge is -2.09. The van der Waals surface area contributed by atoms with Crippen LogP contribution in [0.3, 0.4) is 0 Å². The quantitative estimate of drug-likeness (QED) is 0.943. The zero-order chi connectivity index (χ0) is 12.1. The third-order valence-electron chi connectivity index (χ3n) is 2.41. The fourth-order valence-corrected chi connectivity index (χ4v) is 1.88.